The number of halogens is 1. The lowest BCUT2D eigenvalue weighted by Crippen LogP contribution is -2.37. The second kappa shape index (κ2) is 11.2. The summed E-state index contributed by atoms with van der Waals surface area (Å²) in [5.41, 5.74) is 5.04. The molecule has 0 saturated carbocycles. The number of hydrogen-bond donors (Lipinski definition) is 2. The molecule has 1 aliphatic heterocycles. The lowest BCUT2D eigenvalue weighted by atomic mass is 9.89. The van der Waals surface area contributed by atoms with Crippen molar-refractivity contribution in [1.29, 1.82) is 0 Å². The van der Waals surface area contributed by atoms with E-state index in [1.165, 1.54) is 5.56 Å². The maximum atomic E-state index is 13.2. The largest absolute Gasteiger partial charge is 0.371 e. The summed E-state index contributed by atoms with van der Waals surface area (Å²) in [5, 5.41) is 6.10. The van der Waals surface area contributed by atoms with Gasteiger partial charge in [-0.05, 0) is 73.4 Å². The number of carbonyl (C=O) groups is 1. The Balaban J connectivity index is 1.61. The van der Waals surface area contributed by atoms with Gasteiger partial charge in [0.25, 0.3) is 0 Å². The average molecular weight is 438 g/mol. The van der Waals surface area contributed by atoms with Gasteiger partial charge in [0.2, 0.25) is 0 Å². The van der Waals surface area contributed by atoms with E-state index in [4.69, 9.17) is 0 Å². The van der Waals surface area contributed by atoms with Gasteiger partial charge in [-0.15, -0.1) is 0 Å². The predicted molar refractivity (Wildman–Crippen MR) is 131 cm³/mol. The summed E-state index contributed by atoms with van der Waals surface area (Å²) in [6.07, 6.45) is 4.98. The summed E-state index contributed by atoms with van der Waals surface area (Å²) >= 11 is 0. The third kappa shape index (κ3) is 6.12. The van der Waals surface area contributed by atoms with Crippen molar-refractivity contribution in [2.75, 3.05) is 18.4 Å². The monoisotopic (exact) mass is 437 g/mol. The molecule has 32 heavy (non-hydrogen) atoms. The maximum Gasteiger partial charge on any atom is 0.319 e. The Hall–Kier alpha value is -2.82. The Morgan fingerprint density at radius 1 is 1.16 bits per heavy atom. The number of urea groups is 1. The molecule has 0 aliphatic carbocycles. The zero-order chi connectivity index (χ0) is 23.1. The molecule has 1 fully saturated rings. The number of carbonyl (C=O) groups excluding carboxylic acids is 1. The van der Waals surface area contributed by atoms with Crippen LogP contribution in [0.15, 0.2) is 49.0 Å². The molecule has 1 aliphatic rings. The Morgan fingerprint density at radius 3 is 2.47 bits per heavy atom. The fraction of sp³-hybridized carbons (Fsp3) is 0.444. The maximum absolute atomic E-state index is 13.2. The first kappa shape index (κ1) is 23.8. The van der Waals surface area contributed by atoms with E-state index in [0.29, 0.717) is 5.92 Å². The van der Waals surface area contributed by atoms with Crippen LogP contribution in [0.25, 0.3) is 5.70 Å². The van der Waals surface area contributed by atoms with E-state index in [1.807, 2.05) is 31.2 Å². The molecule has 1 atom stereocenters. The molecule has 172 valence electrons. The van der Waals surface area contributed by atoms with E-state index < -0.39 is 0 Å². The number of nitrogens with zero attached hydrogens (tertiary/aromatic N) is 1. The van der Waals surface area contributed by atoms with Crippen LogP contribution in [-0.2, 0) is 0 Å². The van der Waals surface area contributed by atoms with E-state index >= 15 is 0 Å². The molecule has 4 nitrogen and oxygen atoms in total. The van der Waals surface area contributed by atoms with Crippen LogP contribution in [0, 0.1) is 12.7 Å². The number of rotatable bonds is 8. The molecule has 1 heterocycles. The summed E-state index contributed by atoms with van der Waals surface area (Å²) in [6, 6.07) is 13.0. The van der Waals surface area contributed by atoms with Gasteiger partial charge in [-0.2, -0.15) is 0 Å². The third-order valence-electron chi connectivity index (χ3n) is 6.50. The summed E-state index contributed by atoms with van der Waals surface area (Å²) in [5.74, 6) is 0.265. The van der Waals surface area contributed by atoms with E-state index in [0.717, 1.165) is 67.7 Å². The normalized spacial score (nSPS) is 15.3. The molecule has 0 bridgehead atoms. The minimum atomic E-state index is -0.187. The quantitative estimate of drug-likeness (QED) is 0.483. The molecule has 3 rings (SSSR count). The Morgan fingerprint density at radius 2 is 1.84 bits per heavy atom. The number of benzene rings is 2. The van der Waals surface area contributed by atoms with Gasteiger partial charge in [-0.1, -0.05) is 51.1 Å². The summed E-state index contributed by atoms with van der Waals surface area (Å²) in [4.78, 5) is 14.8. The van der Waals surface area contributed by atoms with Crippen LogP contribution >= 0.6 is 0 Å². The number of hydrogen-bond acceptors (Lipinski definition) is 2. The zero-order valence-electron chi connectivity index (χ0n) is 19.6. The highest BCUT2D eigenvalue weighted by molar-refractivity contribution is 5.91. The number of amides is 2. The first-order valence-electron chi connectivity index (χ1n) is 11.8. The van der Waals surface area contributed by atoms with Gasteiger partial charge in [-0.3, -0.25) is 0 Å². The van der Waals surface area contributed by atoms with Crippen LogP contribution in [-0.4, -0.2) is 30.1 Å². The van der Waals surface area contributed by atoms with Crippen molar-refractivity contribution < 1.29 is 9.18 Å². The standard InChI is InChI=1S/C27H36FN3O/c1-5-7-25(6-2)29-27(32)30-26-18-23(9-8-19(26)3)20(4)31-16-14-22(15-17-31)21-10-12-24(28)13-11-21/h8-13,18,22,25H,4-7,14-17H2,1-3H3,(H2,29,30,32). The summed E-state index contributed by atoms with van der Waals surface area (Å²) < 4.78 is 13.2. The number of piperidine rings is 1. The van der Waals surface area contributed by atoms with Gasteiger partial charge in [0.15, 0.2) is 0 Å². The Kier molecular flexibility index (Phi) is 8.32. The van der Waals surface area contributed by atoms with Crippen LogP contribution in [0.4, 0.5) is 14.9 Å². The highest BCUT2D eigenvalue weighted by atomic mass is 19.1. The second-order valence-corrected chi connectivity index (χ2v) is 8.78. The first-order valence-corrected chi connectivity index (χ1v) is 11.8. The van der Waals surface area contributed by atoms with E-state index in [-0.39, 0.29) is 17.9 Å². The fourth-order valence-corrected chi connectivity index (χ4v) is 4.41. The van der Waals surface area contributed by atoms with Crippen molar-refractivity contribution >= 4 is 17.4 Å². The molecule has 0 aromatic heterocycles. The molecule has 2 amide bonds. The van der Waals surface area contributed by atoms with Gasteiger partial charge < -0.3 is 15.5 Å². The van der Waals surface area contributed by atoms with Crippen molar-refractivity contribution in [2.24, 2.45) is 0 Å². The molecular weight excluding hydrogens is 401 g/mol. The van der Waals surface area contributed by atoms with Crippen LogP contribution in [0.2, 0.25) is 0 Å². The fourth-order valence-electron chi connectivity index (χ4n) is 4.41. The molecule has 1 saturated heterocycles. The van der Waals surface area contributed by atoms with Gasteiger partial charge >= 0.3 is 6.03 Å². The molecule has 2 N–H and O–H groups in total. The molecule has 5 heteroatoms. The topological polar surface area (TPSA) is 44.4 Å². The predicted octanol–water partition coefficient (Wildman–Crippen LogP) is 6.68. The smallest absolute Gasteiger partial charge is 0.319 e. The molecule has 2 aromatic carbocycles. The van der Waals surface area contributed by atoms with Crippen LogP contribution in [0.5, 0.6) is 0 Å². The number of aryl methyl sites for hydroxylation is 1. The Labute approximate surface area is 191 Å². The van der Waals surface area contributed by atoms with Crippen molar-refractivity contribution in [1.82, 2.24) is 10.2 Å². The minimum Gasteiger partial charge on any atom is -0.371 e. The lowest BCUT2D eigenvalue weighted by Gasteiger charge is -2.35. The van der Waals surface area contributed by atoms with Gasteiger partial charge in [0, 0.05) is 30.5 Å². The van der Waals surface area contributed by atoms with Crippen LogP contribution in [0.1, 0.15) is 68.6 Å². The molecule has 0 radical (unpaired) electrons. The SMILES string of the molecule is C=C(c1ccc(C)c(NC(=O)NC(CC)CCC)c1)N1CCC(c2ccc(F)cc2)CC1. The van der Waals surface area contributed by atoms with Crippen molar-refractivity contribution in [3.05, 3.63) is 71.6 Å². The highest BCUT2D eigenvalue weighted by Crippen LogP contribution is 2.32. The van der Waals surface area contributed by atoms with Crippen molar-refractivity contribution in [3.8, 4) is 0 Å². The molecular formula is C27H36FN3O. The van der Waals surface area contributed by atoms with Gasteiger partial charge in [-0.25, -0.2) is 9.18 Å². The first-order chi connectivity index (χ1) is 15.4. The second-order valence-electron chi connectivity index (χ2n) is 8.78. The lowest BCUT2D eigenvalue weighted by molar-refractivity contribution is 0.247. The van der Waals surface area contributed by atoms with E-state index in [9.17, 15) is 9.18 Å². The highest BCUT2D eigenvalue weighted by Gasteiger charge is 2.22. The summed E-state index contributed by atoms with van der Waals surface area (Å²) in [7, 11) is 0. The van der Waals surface area contributed by atoms with Gasteiger partial charge in [0.05, 0.1) is 0 Å². The molecule has 1 unspecified atom stereocenters. The molecule has 0 spiro atoms. The number of anilines is 1. The average Bonchev–Trinajstić information content (AvgIpc) is 2.80. The van der Waals surface area contributed by atoms with E-state index in [2.05, 4.69) is 42.0 Å². The number of nitrogens with one attached hydrogen (secondary N) is 2. The molecule has 2 aromatic rings. The zero-order valence-corrected chi connectivity index (χ0v) is 19.6. The number of likely N-dealkylation sites (tertiary alicyclic amines) is 1. The van der Waals surface area contributed by atoms with Crippen molar-refractivity contribution in [2.45, 2.75) is 64.8 Å². The minimum absolute atomic E-state index is 0.156. The van der Waals surface area contributed by atoms with Crippen LogP contribution < -0.4 is 10.6 Å². The Bertz CT molecular complexity index is 917. The van der Waals surface area contributed by atoms with E-state index in [1.54, 1.807) is 12.1 Å². The summed E-state index contributed by atoms with van der Waals surface area (Å²) in [6.45, 7) is 12.4. The third-order valence-corrected chi connectivity index (χ3v) is 6.50. The van der Waals surface area contributed by atoms with Crippen LogP contribution in [0.3, 0.4) is 0 Å². The van der Waals surface area contributed by atoms with Crippen molar-refractivity contribution in [3.63, 3.8) is 0 Å². The van der Waals surface area contributed by atoms with Gasteiger partial charge in [0.1, 0.15) is 5.82 Å².